The van der Waals surface area contributed by atoms with Crippen LogP contribution in [0.15, 0.2) is 0 Å². The molecule has 0 aromatic carbocycles. The van der Waals surface area contributed by atoms with E-state index < -0.39 is 17.9 Å². The Morgan fingerprint density at radius 2 is 1.73 bits per heavy atom. The Morgan fingerprint density at radius 1 is 1.33 bits per heavy atom. The second-order valence-corrected chi connectivity index (χ2v) is 2.02. The van der Waals surface area contributed by atoms with Gasteiger partial charge in [-0.2, -0.15) is 0 Å². The number of nitrogens with two attached hydrogens (primary N) is 1. The maximum atomic E-state index is 10.3. The molecule has 0 saturated carbocycles. The van der Waals surface area contributed by atoms with Gasteiger partial charge in [-0.15, -0.1) is 24.8 Å². The van der Waals surface area contributed by atoms with Crippen molar-refractivity contribution in [2.75, 3.05) is 0 Å². The minimum absolute atomic E-state index is 0. The monoisotopic (exact) mass is 301 g/mol. The van der Waals surface area contributed by atoms with Crippen LogP contribution in [0.4, 0.5) is 0 Å². The summed E-state index contributed by atoms with van der Waals surface area (Å²) in [6.45, 7) is 0. The molecule has 0 radical (unpaired) electrons. The van der Waals surface area contributed by atoms with Gasteiger partial charge < -0.3 is 10.8 Å². The fourth-order valence-corrected chi connectivity index (χ4v) is 0.466. The normalized spacial score (nSPS) is 9.13. The van der Waals surface area contributed by atoms with E-state index in [1.165, 1.54) is 5.48 Å². The molecule has 91 valence electrons. The number of rotatable bonds is 4. The molecule has 0 rings (SSSR count). The number of hydrogen-bond acceptors (Lipinski definition) is 5. The first-order valence-corrected chi connectivity index (χ1v) is 3.74. The zero-order valence-corrected chi connectivity index (χ0v) is 10.5. The van der Waals surface area contributed by atoms with Gasteiger partial charge in [0.25, 0.3) is 0 Å². The Morgan fingerprint density at radius 3 is 2.00 bits per heavy atom. The molecule has 7 nitrogen and oxygen atoms in total. The molecule has 0 spiro atoms. The third-order valence-corrected chi connectivity index (χ3v) is 1.12. The van der Waals surface area contributed by atoms with Crippen molar-refractivity contribution < 1.29 is 40.9 Å². The first kappa shape index (κ1) is 24.2. The number of nitrogens with one attached hydrogen (secondary N) is 1. The van der Waals surface area contributed by atoms with Crippen LogP contribution in [0.25, 0.3) is 0 Å². The van der Waals surface area contributed by atoms with Crippen molar-refractivity contribution in [1.82, 2.24) is 5.48 Å². The molecule has 1 atom stereocenters. The van der Waals surface area contributed by atoms with Gasteiger partial charge in [0.2, 0.25) is 5.91 Å². The van der Waals surface area contributed by atoms with Gasteiger partial charge in [0, 0.05) is 6.42 Å². The Kier molecular flexibility index (Phi) is 26.2. The van der Waals surface area contributed by atoms with Crippen molar-refractivity contribution in [3.63, 3.8) is 0 Å². The summed E-state index contributed by atoms with van der Waals surface area (Å²) in [4.78, 5) is 20.4. The topological polar surface area (TPSA) is 130 Å². The number of amides is 1. The summed E-state index contributed by atoms with van der Waals surface area (Å²) in [6.07, 6.45) is -0.0777. The summed E-state index contributed by atoms with van der Waals surface area (Å²) in [7, 11) is 0. The molecule has 0 heterocycles. The molecule has 0 aliphatic carbocycles. The fourth-order valence-electron chi connectivity index (χ4n) is 0.466. The number of halogens is 2. The SMILES string of the molecule is Cl.Cl.N[C@@H](CCC(=O)NO)C(=O)O.[O]=[V]. The molecule has 0 unspecified atom stereocenters. The summed E-state index contributed by atoms with van der Waals surface area (Å²) >= 11 is 1.06. The van der Waals surface area contributed by atoms with Crippen molar-refractivity contribution in [3.8, 4) is 0 Å². The molecule has 0 aromatic rings. The molecule has 15 heavy (non-hydrogen) atoms. The number of carboxylic acids is 1. The Hall–Kier alpha value is -0.176. The zero-order valence-electron chi connectivity index (χ0n) is 7.45. The first-order valence-electron chi connectivity index (χ1n) is 3.17. The van der Waals surface area contributed by atoms with Gasteiger partial charge in [0.05, 0.1) is 0 Å². The van der Waals surface area contributed by atoms with Crippen LogP contribution in [-0.2, 0) is 30.6 Å². The van der Waals surface area contributed by atoms with Crippen molar-refractivity contribution in [2.24, 2.45) is 5.73 Å². The van der Waals surface area contributed by atoms with Gasteiger partial charge in [0.1, 0.15) is 6.04 Å². The Balaban J connectivity index is -0.000000142. The number of carbonyl (C=O) groups is 2. The quantitative estimate of drug-likeness (QED) is 0.405. The molecule has 0 bridgehead atoms. The number of hydrogen-bond donors (Lipinski definition) is 4. The fraction of sp³-hybridized carbons (Fsp3) is 0.600. The molecule has 1 amide bonds. The predicted octanol–water partition coefficient (Wildman–Crippen LogP) is -0.594. The second kappa shape index (κ2) is 16.3. The molecule has 0 aliphatic rings. The molecule has 0 aliphatic heterocycles. The number of carbonyl (C=O) groups excluding carboxylic acids is 1. The van der Waals surface area contributed by atoms with E-state index in [0.29, 0.717) is 0 Å². The van der Waals surface area contributed by atoms with Crippen LogP contribution in [0.2, 0.25) is 0 Å². The summed E-state index contributed by atoms with van der Waals surface area (Å²) in [5.41, 5.74) is 6.43. The van der Waals surface area contributed by atoms with E-state index in [1.807, 2.05) is 0 Å². The van der Waals surface area contributed by atoms with E-state index in [4.69, 9.17) is 19.7 Å². The molecular formula is C5H12Cl2N2O5V. The van der Waals surface area contributed by atoms with Gasteiger partial charge in [-0.1, -0.05) is 0 Å². The molecule has 0 saturated heterocycles. The standard InChI is InChI=1S/C5H10N2O4.2ClH.O.V/c6-3(5(9)10)1-2-4(8)7-11;;;;/h3,11H,1-2,6H2,(H,7,8)(H,9,10);2*1H;;/t3-;;;;/m0..../s1. The Bertz CT molecular complexity index is 185. The van der Waals surface area contributed by atoms with Gasteiger partial charge in [-0.3, -0.25) is 14.8 Å². The van der Waals surface area contributed by atoms with Crippen LogP contribution >= 0.6 is 24.8 Å². The predicted molar refractivity (Wildman–Crippen MR) is 50.0 cm³/mol. The van der Waals surface area contributed by atoms with E-state index in [0.717, 1.165) is 17.4 Å². The van der Waals surface area contributed by atoms with Crippen molar-refractivity contribution in [3.05, 3.63) is 0 Å². The Labute approximate surface area is 108 Å². The van der Waals surface area contributed by atoms with Crippen molar-refractivity contribution >= 4 is 36.7 Å². The van der Waals surface area contributed by atoms with Crippen LogP contribution in [0, 0.1) is 0 Å². The summed E-state index contributed by atoms with van der Waals surface area (Å²) in [5.74, 6) is -1.79. The first-order chi connectivity index (χ1) is 6.07. The van der Waals surface area contributed by atoms with Crippen LogP contribution in [0.3, 0.4) is 0 Å². The number of hydroxylamine groups is 1. The van der Waals surface area contributed by atoms with Crippen LogP contribution in [0.1, 0.15) is 12.8 Å². The molecule has 10 heteroatoms. The number of aliphatic carboxylic acids is 1. The van der Waals surface area contributed by atoms with Crippen LogP contribution in [-0.4, -0.2) is 28.2 Å². The third kappa shape index (κ3) is 16.5. The second-order valence-electron chi connectivity index (χ2n) is 2.02. The summed E-state index contributed by atoms with van der Waals surface area (Å²) < 4.78 is 8.19. The van der Waals surface area contributed by atoms with E-state index in [-0.39, 0.29) is 37.7 Å². The summed E-state index contributed by atoms with van der Waals surface area (Å²) in [6, 6.07) is -1.05. The number of carboxylic acid groups (broad SMARTS) is 1. The molecular weight excluding hydrogens is 290 g/mol. The molecule has 0 aromatic heterocycles. The van der Waals surface area contributed by atoms with E-state index >= 15 is 0 Å². The van der Waals surface area contributed by atoms with E-state index in [9.17, 15) is 9.59 Å². The van der Waals surface area contributed by atoms with Gasteiger partial charge in [0.15, 0.2) is 0 Å². The average Bonchev–Trinajstić information content (AvgIpc) is 2.16. The van der Waals surface area contributed by atoms with Gasteiger partial charge in [-0.05, 0) is 6.42 Å². The molecule has 5 N–H and O–H groups in total. The maximum absolute atomic E-state index is 10.3. The van der Waals surface area contributed by atoms with Gasteiger partial charge in [-0.25, -0.2) is 5.48 Å². The third-order valence-electron chi connectivity index (χ3n) is 1.12. The van der Waals surface area contributed by atoms with E-state index in [1.54, 1.807) is 0 Å². The molecule has 0 fully saturated rings. The minimum atomic E-state index is -1.16. The van der Waals surface area contributed by atoms with Gasteiger partial charge >= 0.3 is 27.0 Å². The van der Waals surface area contributed by atoms with Crippen molar-refractivity contribution in [1.29, 1.82) is 0 Å². The van der Waals surface area contributed by atoms with Crippen LogP contribution in [0.5, 0.6) is 0 Å². The zero-order chi connectivity index (χ0) is 10.9. The average molecular weight is 302 g/mol. The van der Waals surface area contributed by atoms with E-state index in [2.05, 4.69) is 0 Å². The summed E-state index contributed by atoms with van der Waals surface area (Å²) in [5, 5.41) is 16.2. The van der Waals surface area contributed by atoms with Crippen molar-refractivity contribution in [2.45, 2.75) is 18.9 Å². The van der Waals surface area contributed by atoms with Crippen LogP contribution < -0.4 is 11.2 Å².